The second-order valence-corrected chi connectivity index (χ2v) is 3.88. The highest BCUT2D eigenvalue weighted by atomic mass is 16.3. The quantitative estimate of drug-likeness (QED) is 0.758. The molecule has 0 saturated carbocycles. The molecule has 3 rings (SSSR count). The van der Waals surface area contributed by atoms with Crippen molar-refractivity contribution in [2.24, 2.45) is 0 Å². The van der Waals surface area contributed by atoms with Crippen LogP contribution in [0.25, 0.3) is 11.2 Å². The van der Waals surface area contributed by atoms with Crippen LogP contribution in [0.1, 0.15) is 12.7 Å². The van der Waals surface area contributed by atoms with E-state index in [-0.39, 0.29) is 0 Å². The Bertz CT molecular complexity index is 644. The lowest BCUT2D eigenvalue weighted by molar-refractivity contribution is 0.495. The average molecular weight is 243 g/mol. The molecule has 0 aliphatic heterocycles. The van der Waals surface area contributed by atoms with Crippen molar-refractivity contribution in [3.63, 3.8) is 0 Å². The summed E-state index contributed by atoms with van der Waals surface area (Å²) in [5.74, 6) is 1.64. The number of rotatable bonds is 4. The third-order valence-electron chi connectivity index (χ3n) is 2.65. The monoisotopic (exact) mass is 243 g/mol. The summed E-state index contributed by atoms with van der Waals surface area (Å²) < 4.78 is 7.27. The molecule has 0 aliphatic rings. The maximum Gasteiger partial charge on any atom is 0.165 e. The van der Waals surface area contributed by atoms with Gasteiger partial charge in [0.15, 0.2) is 11.5 Å². The SMILES string of the molecule is CCNc1ncnc2c1ncn2Cc1ccco1. The van der Waals surface area contributed by atoms with E-state index in [4.69, 9.17) is 4.42 Å². The Morgan fingerprint density at radius 2 is 2.28 bits per heavy atom. The molecule has 3 aromatic heterocycles. The Hall–Kier alpha value is -2.37. The molecule has 0 fully saturated rings. The van der Waals surface area contributed by atoms with Crippen LogP contribution in [-0.4, -0.2) is 26.1 Å². The first kappa shape index (κ1) is 10.8. The number of furan rings is 1. The summed E-state index contributed by atoms with van der Waals surface area (Å²) in [5.41, 5.74) is 1.59. The Morgan fingerprint density at radius 1 is 1.33 bits per heavy atom. The van der Waals surface area contributed by atoms with E-state index in [0.717, 1.165) is 29.3 Å². The van der Waals surface area contributed by atoms with Gasteiger partial charge in [0.25, 0.3) is 0 Å². The van der Waals surface area contributed by atoms with E-state index in [2.05, 4.69) is 20.3 Å². The zero-order valence-electron chi connectivity index (χ0n) is 10.00. The fourth-order valence-electron chi connectivity index (χ4n) is 1.86. The highest BCUT2D eigenvalue weighted by Gasteiger charge is 2.10. The van der Waals surface area contributed by atoms with Gasteiger partial charge in [0, 0.05) is 6.54 Å². The lowest BCUT2D eigenvalue weighted by Gasteiger charge is -2.03. The van der Waals surface area contributed by atoms with Gasteiger partial charge in [0.2, 0.25) is 0 Å². The van der Waals surface area contributed by atoms with Crippen molar-refractivity contribution in [3.05, 3.63) is 36.8 Å². The van der Waals surface area contributed by atoms with Crippen molar-refractivity contribution in [3.8, 4) is 0 Å². The highest BCUT2D eigenvalue weighted by Crippen LogP contribution is 2.18. The molecular weight excluding hydrogens is 230 g/mol. The maximum atomic E-state index is 5.33. The lowest BCUT2D eigenvalue weighted by atomic mass is 10.4. The van der Waals surface area contributed by atoms with Crippen LogP contribution >= 0.6 is 0 Å². The van der Waals surface area contributed by atoms with Gasteiger partial charge in [-0.15, -0.1) is 0 Å². The molecule has 18 heavy (non-hydrogen) atoms. The Labute approximate surface area is 104 Å². The minimum Gasteiger partial charge on any atom is -0.467 e. The Balaban J connectivity index is 2.01. The number of hydrogen-bond donors (Lipinski definition) is 1. The molecule has 1 N–H and O–H groups in total. The molecular formula is C12H13N5O. The molecule has 0 spiro atoms. The van der Waals surface area contributed by atoms with E-state index in [9.17, 15) is 0 Å². The van der Waals surface area contributed by atoms with E-state index >= 15 is 0 Å². The van der Waals surface area contributed by atoms with Crippen LogP contribution in [-0.2, 0) is 6.54 Å². The zero-order chi connectivity index (χ0) is 12.4. The summed E-state index contributed by atoms with van der Waals surface area (Å²) in [5, 5.41) is 3.17. The van der Waals surface area contributed by atoms with Gasteiger partial charge in [-0.2, -0.15) is 0 Å². The first-order valence-corrected chi connectivity index (χ1v) is 5.80. The van der Waals surface area contributed by atoms with E-state index in [1.807, 2.05) is 23.6 Å². The van der Waals surface area contributed by atoms with Crippen LogP contribution in [0.2, 0.25) is 0 Å². The molecule has 0 aromatic carbocycles. The van der Waals surface area contributed by atoms with E-state index in [1.165, 1.54) is 0 Å². The minimum atomic E-state index is 0.617. The van der Waals surface area contributed by atoms with Crippen LogP contribution < -0.4 is 5.32 Å². The summed E-state index contributed by atoms with van der Waals surface area (Å²) in [7, 11) is 0. The van der Waals surface area contributed by atoms with Crippen LogP contribution in [0.3, 0.4) is 0 Å². The first-order chi connectivity index (χ1) is 8.88. The molecule has 0 aliphatic carbocycles. The first-order valence-electron chi connectivity index (χ1n) is 5.80. The molecule has 6 nitrogen and oxygen atoms in total. The lowest BCUT2D eigenvalue weighted by Crippen LogP contribution is -2.02. The fourth-order valence-corrected chi connectivity index (χ4v) is 1.86. The third-order valence-corrected chi connectivity index (χ3v) is 2.65. The van der Waals surface area contributed by atoms with Gasteiger partial charge in [-0.25, -0.2) is 15.0 Å². The minimum absolute atomic E-state index is 0.617. The van der Waals surface area contributed by atoms with Crippen LogP contribution in [0.4, 0.5) is 5.82 Å². The van der Waals surface area contributed by atoms with Crippen LogP contribution in [0.15, 0.2) is 35.5 Å². The topological polar surface area (TPSA) is 68.8 Å². The van der Waals surface area contributed by atoms with Gasteiger partial charge in [-0.05, 0) is 19.1 Å². The number of aromatic nitrogens is 4. The molecule has 0 atom stereocenters. The normalized spacial score (nSPS) is 10.9. The van der Waals surface area contributed by atoms with Gasteiger partial charge >= 0.3 is 0 Å². The number of imidazole rings is 1. The van der Waals surface area contributed by atoms with Gasteiger partial charge < -0.3 is 14.3 Å². The summed E-state index contributed by atoms with van der Waals surface area (Å²) in [6, 6.07) is 3.80. The third kappa shape index (κ3) is 1.81. The predicted octanol–water partition coefficient (Wildman–Crippen LogP) is 1.90. The Morgan fingerprint density at radius 3 is 3.06 bits per heavy atom. The molecule has 0 saturated heterocycles. The van der Waals surface area contributed by atoms with Gasteiger partial charge in [-0.3, -0.25) is 0 Å². The molecule has 92 valence electrons. The molecule has 3 aromatic rings. The van der Waals surface area contributed by atoms with Crippen molar-refractivity contribution in [2.75, 3.05) is 11.9 Å². The van der Waals surface area contributed by atoms with Crippen molar-refractivity contribution < 1.29 is 4.42 Å². The van der Waals surface area contributed by atoms with Gasteiger partial charge in [0.1, 0.15) is 17.6 Å². The van der Waals surface area contributed by atoms with E-state index in [0.29, 0.717) is 6.54 Å². The van der Waals surface area contributed by atoms with Crippen molar-refractivity contribution >= 4 is 17.0 Å². The smallest absolute Gasteiger partial charge is 0.165 e. The van der Waals surface area contributed by atoms with E-state index < -0.39 is 0 Å². The number of fused-ring (bicyclic) bond motifs is 1. The number of hydrogen-bond acceptors (Lipinski definition) is 5. The molecule has 0 radical (unpaired) electrons. The molecule has 6 heteroatoms. The molecule has 0 amide bonds. The summed E-state index contributed by atoms with van der Waals surface area (Å²) >= 11 is 0. The summed E-state index contributed by atoms with van der Waals surface area (Å²) in [6.45, 7) is 3.44. The van der Waals surface area contributed by atoms with Crippen molar-refractivity contribution in [1.29, 1.82) is 0 Å². The van der Waals surface area contributed by atoms with Crippen molar-refractivity contribution in [2.45, 2.75) is 13.5 Å². The number of anilines is 1. The fraction of sp³-hybridized carbons (Fsp3) is 0.250. The molecule has 3 heterocycles. The summed E-state index contributed by atoms with van der Waals surface area (Å²) in [4.78, 5) is 12.8. The number of nitrogens with one attached hydrogen (secondary N) is 1. The summed E-state index contributed by atoms with van der Waals surface area (Å²) in [6.07, 6.45) is 4.96. The van der Waals surface area contributed by atoms with Crippen molar-refractivity contribution in [1.82, 2.24) is 19.5 Å². The van der Waals surface area contributed by atoms with E-state index in [1.54, 1.807) is 18.9 Å². The molecule has 0 bridgehead atoms. The average Bonchev–Trinajstić information content (AvgIpc) is 3.01. The van der Waals surface area contributed by atoms with Gasteiger partial charge in [0.05, 0.1) is 19.1 Å². The standard InChI is InChI=1S/C12H13N5O/c1-2-13-11-10-12(15-7-14-11)17(8-16-10)6-9-4-3-5-18-9/h3-5,7-8H,2,6H2,1H3,(H,13,14,15). The highest BCUT2D eigenvalue weighted by molar-refractivity contribution is 5.82. The molecule has 0 unspecified atom stereocenters. The van der Waals surface area contributed by atoms with Crippen LogP contribution in [0.5, 0.6) is 0 Å². The second kappa shape index (κ2) is 4.48. The predicted molar refractivity (Wildman–Crippen MR) is 67.3 cm³/mol. The largest absolute Gasteiger partial charge is 0.467 e. The maximum absolute atomic E-state index is 5.33. The van der Waals surface area contributed by atoms with Crippen LogP contribution in [0, 0.1) is 0 Å². The second-order valence-electron chi connectivity index (χ2n) is 3.88. The zero-order valence-corrected chi connectivity index (χ0v) is 10.00. The number of nitrogens with zero attached hydrogens (tertiary/aromatic N) is 4. The Kier molecular flexibility index (Phi) is 2.68. The van der Waals surface area contributed by atoms with Gasteiger partial charge in [-0.1, -0.05) is 0 Å².